The number of amides is 1. The Morgan fingerprint density at radius 3 is 2.65 bits per heavy atom. The summed E-state index contributed by atoms with van der Waals surface area (Å²) < 4.78 is 10.4. The third kappa shape index (κ3) is 3.68. The number of hydrogen-bond acceptors (Lipinski definition) is 5. The van der Waals surface area contributed by atoms with Gasteiger partial charge in [0.2, 0.25) is 0 Å². The maximum absolute atomic E-state index is 12.5. The van der Waals surface area contributed by atoms with Crippen molar-refractivity contribution in [2.24, 2.45) is 0 Å². The van der Waals surface area contributed by atoms with Crippen LogP contribution in [0.25, 0.3) is 0 Å². The van der Waals surface area contributed by atoms with Crippen molar-refractivity contribution >= 4 is 5.91 Å². The molecule has 0 radical (unpaired) electrons. The molecule has 1 aromatic carbocycles. The van der Waals surface area contributed by atoms with E-state index in [1.165, 1.54) is 0 Å². The van der Waals surface area contributed by atoms with Gasteiger partial charge in [-0.2, -0.15) is 15.0 Å². The minimum Gasteiger partial charge on any atom is -0.491 e. The third-order valence-corrected chi connectivity index (χ3v) is 3.87. The highest BCUT2D eigenvalue weighted by atomic mass is 16.5. The first kappa shape index (κ1) is 15.5. The molecule has 23 heavy (non-hydrogen) atoms. The number of rotatable bonds is 6. The first-order valence-corrected chi connectivity index (χ1v) is 7.65. The fourth-order valence-electron chi connectivity index (χ4n) is 2.65. The SMILES string of the molecule is COCCOc1ccc(C(=O)N2CC[C@@H](n3nccn3)C2)cc1. The Bertz CT molecular complexity index is 627. The maximum Gasteiger partial charge on any atom is 0.253 e. The fraction of sp³-hybridized carbons (Fsp3) is 0.438. The average Bonchev–Trinajstić information content (AvgIpc) is 3.26. The number of hydrogen-bond donors (Lipinski definition) is 0. The first-order chi connectivity index (χ1) is 11.3. The number of methoxy groups -OCH3 is 1. The number of carbonyl (C=O) groups is 1. The minimum atomic E-state index is 0.0306. The normalized spacial score (nSPS) is 17.4. The second-order valence-electron chi connectivity index (χ2n) is 5.41. The molecule has 1 aromatic heterocycles. The van der Waals surface area contributed by atoms with E-state index in [2.05, 4.69) is 10.2 Å². The Labute approximate surface area is 134 Å². The molecule has 0 bridgehead atoms. The van der Waals surface area contributed by atoms with Crippen LogP contribution in [0.1, 0.15) is 22.8 Å². The van der Waals surface area contributed by atoms with Gasteiger partial charge in [-0.3, -0.25) is 4.79 Å². The maximum atomic E-state index is 12.5. The first-order valence-electron chi connectivity index (χ1n) is 7.65. The van der Waals surface area contributed by atoms with Crippen LogP contribution in [0.4, 0.5) is 0 Å². The summed E-state index contributed by atoms with van der Waals surface area (Å²) in [7, 11) is 1.63. The quantitative estimate of drug-likeness (QED) is 0.753. The van der Waals surface area contributed by atoms with Gasteiger partial charge in [0.15, 0.2) is 0 Å². The predicted molar refractivity (Wildman–Crippen MR) is 83.4 cm³/mol. The molecule has 1 saturated heterocycles. The predicted octanol–water partition coefficient (Wildman–Crippen LogP) is 1.39. The summed E-state index contributed by atoms with van der Waals surface area (Å²) in [5.74, 6) is 0.765. The van der Waals surface area contributed by atoms with E-state index in [1.807, 2.05) is 17.0 Å². The molecule has 3 rings (SSSR count). The van der Waals surface area contributed by atoms with Crippen molar-refractivity contribution in [2.75, 3.05) is 33.4 Å². The average molecular weight is 316 g/mol. The van der Waals surface area contributed by atoms with Gasteiger partial charge in [-0.1, -0.05) is 0 Å². The number of likely N-dealkylation sites (tertiary alicyclic amines) is 1. The molecule has 0 saturated carbocycles. The Morgan fingerprint density at radius 2 is 1.96 bits per heavy atom. The van der Waals surface area contributed by atoms with E-state index in [0.717, 1.165) is 18.7 Å². The molecular formula is C16H20N4O3. The van der Waals surface area contributed by atoms with Crippen LogP contribution < -0.4 is 4.74 Å². The summed E-state index contributed by atoms with van der Waals surface area (Å²) in [5.41, 5.74) is 0.665. The molecule has 2 aromatic rings. The number of benzene rings is 1. The zero-order valence-electron chi connectivity index (χ0n) is 13.1. The Balaban J connectivity index is 1.58. The molecule has 0 spiro atoms. The number of ether oxygens (including phenoxy) is 2. The van der Waals surface area contributed by atoms with E-state index >= 15 is 0 Å². The van der Waals surface area contributed by atoms with Crippen molar-refractivity contribution in [2.45, 2.75) is 12.5 Å². The van der Waals surface area contributed by atoms with Crippen LogP contribution >= 0.6 is 0 Å². The molecule has 2 heterocycles. The van der Waals surface area contributed by atoms with E-state index in [0.29, 0.717) is 25.3 Å². The fourth-order valence-corrected chi connectivity index (χ4v) is 2.65. The van der Waals surface area contributed by atoms with Crippen LogP contribution in [-0.4, -0.2) is 59.2 Å². The van der Waals surface area contributed by atoms with Gasteiger partial charge in [0.05, 0.1) is 25.0 Å². The summed E-state index contributed by atoms with van der Waals surface area (Å²) in [6, 6.07) is 7.37. The van der Waals surface area contributed by atoms with Crippen LogP contribution in [0.5, 0.6) is 5.75 Å². The summed E-state index contributed by atoms with van der Waals surface area (Å²) >= 11 is 0. The zero-order valence-corrected chi connectivity index (χ0v) is 13.1. The largest absolute Gasteiger partial charge is 0.491 e. The van der Waals surface area contributed by atoms with Crippen molar-refractivity contribution in [3.63, 3.8) is 0 Å². The van der Waals surface area contributed by atoms with E-state index < -0.39 is 0 Å². The van der Waals surface area contributed by atoms with Crippen molar-refractivity contribution < 1.29 is 14.3 Å². The van der Waals surface area contributed by atoms with Crippen molar-refractivity contribution in [1.82, 2.24) is 19.9 Å². The molecule has 1 atom stereocenters. The molecule has 0 aliphatic carbocycles. The molecule has 7 heteroatoms. The van der Waals surface area contributed by atoms with Crippen molar-refractivity contribution in [1.29, 1.82) is 0 Å². The van der Waals surface area contributed by atoms with Crippen molar-refractivity contribution in [3.05, 3.63) is 42.2 Å². The highest BCUT2D eigenvalue weighted by Gasteiger charge is 2.28. The second-order valence-corrected chi connectivity index (χ2v) is 5.41. The Morgan fingerprint density at radius 1 is 1.22 bits per heavy atom. The molecule has 0 N–H and O–H groups in total. The lowest BCUT2D eigenvalue weighted by atomic mass is 10.2. The van der Waals surface area contributed by atoms with Gasteiger partial charge >= 0.3 is 0 Å². The van der Waals surface area contributed by atoms with Gasteiger partial charge in [-0.25, -0.2) is 0 Å². The Hall–Kier alpha value is -2.41. The van der Waals surface area contributed by atoms with Gasteiger partial charge in [-0.05, 0) is 30.7 Å². The van der Waals surface area contributed by atoms with Crippen molar-refractivity contribution in [3.8, 4) is 5.75 Å². The molecule has 1 fully saturated rings. The van der Waals surface area contributed by atoms with Gasteiger partial charge in [0.1, 0.15) is 12.4 Å². The molecule has 7 nitrogen and oxygen atoms in total. The van der Waals surface area contributed by atoms with Crippen LogP contribution in [0.3, 0.4) is 0 Å². The molecule has 1 aliphatic rings. The molecule has 1 amide bonds. The van der Waals surface area contributed by atoms with Gasteiger partial charge < -0.3 is 14.4 Å². The summed E-state index contributed by atoms with van der Waals surface area (Å²) in [6.45, 7) is 2.39. The smallest absolute Gasteiger partial charge is 0.253 e. The minimum absolute atomic E-state index is 0.0306. The van der Waals surface area contributed by atoms with E-state index in [9.17, 15) is 4.79 Å². The lowest BCUT2D eigenvalue weighted by Gasteiger charge is -2.16. The standard InChI is InChI=1S/C16H20N4O3/c1-22-10-11-23-15-4-2-13(3-5-15)16(21)19-9-6-14(12-19)20-17-7-8-18-20/h2-5,7-8,14H,6,9-12H2,1H3/t14-/m1/s1. The summed E-state index contributed by atoms with van der Waals surface area (Å²) in [6.07, 6.45) is 4.19. The topological polar surface area (TPSA) is 69.5 Å². The monoisotopic (exact) mass is 316 g/mol. The van der Waals surface area contributed by atoms with E-state index in [4.69, 9.17) is 9.47 Å². The lowest BCUT2D eigenvalue weighted by molar-refractivity contribution is 0.0786. The molecule has 1 aliphatic heterocycles. The lowest BCUT2D eigenvalue weighted by Crippen LogP contribution is -2.29. The van der Waals surface area contributed by atoms with Gasteiger partial charge in [0.25, 0.3) is 5.91 Å². The van der Waals surface area contributed by atoms with E-state index in [1.54, 1.807) is 36.4 Å². The van der Waals surface area contributed by atoms with Gasteiger partial charge in [-0.15, -0.1) is 0 Å². The Kier molecular flexibility index (Phi) is 4.87. The summed E-state index contributed by atoms with van der Waals surface area (Å²) in [4.78, 5) is 16.1. The molecule has 122 valence electrons. The van der Waals surface area contributed by atoms with Crippen LogP contribution in [0.15, 0.2) is 36.7 Å². The molecular weight excluding hydrogens is 296 g/mol. The van der Waals surface area contributed by atoms with Gasteiger partial charge in [0, 0.05) is 25.8 Å². The highest BCUT2D eigenvalue weighted by Crippen LogP contribution is 2.22. The third-order valence-electron chi connectivity index (χ3n) is 3.87. The molecule has 0 unspecified atom stereocenters. The number of aromatic nitrogens is 3. The number of nitrogens with zero attached hydrogens (tertiary/aromatic N) is 4. The van der Waals surface area contributed by atoms with Crippen LogP contribution in [0.2, 0.25) is 0 Å². The van der Waals surface area contributed by atoms with E-state index in [-0.39, 0.29) is 11.9 Å². The summed E-state index contributed by atoms with van der Waals surface area (Å²) in [5, 5.41) is 8.31. The number of carbonyl (C=O) groups excluding carboxylic acids is 1. The highest BCUT2D eigenvalue weighted by molar-refractivity contribution is 5.94. The van der Waals surface area contributed by atoms with Crippen LogP contribution in [-0.2, 0) is 4.74 Å². The van der Waals surface area contributed by atoms with Crippen LogP contribution in [0, 0.1) is 0 Å². The zero-order chi connectivity index (χ0) is 16.1. The second kappa shape index (κ2) is 7.23.